The smallest absolute Gasteiger partial charge is 0.257 e. The Morgan fingerprint density at radius 3 is 2.67 bits per heavy atom. The van der Waals surface area contributed by atoms with Gasteiger partial charge in [-0.15, -0.1) is 0 Å². The molecule has 1 fully saturated rings. The van der Waals surface area contributed by atoms with Crippen molar-refractivity contribution in [3.05, 3.63) is 28.3 Å². The summed E-state index contributed by atoms with van der Waals surface area (Å²) in [5.41, 5.74) is 1.46. The normalized spacial score (nSPS) is 15.6. The van der Waals surface area contributed by atoms with Crippen LogP contribution in [-0.2, 0) is 4.74 Å². The summed E-state index contributed by atoms with van der Waals surface area (Å²) in [6.45, 7) is 4.27. The number of benzene rings is 1. The number of aryl methyl sites for hydroxylation is 1. The topological polar surface area (TPSA) is 38.8 Å². The molecular formula is C13H16ClNO3. The van der Waals surface area contributed by atoms with Gasteiger partial charge in [0.05, 0.1) is 30.9 Å². The van der Waals surface area contributed by atoms with Gasteiger partial charge in [0.1, 0.15) is 5.75 Å². The molecule has 0 aliphatic carbocycles. The average Bonchev–Trinajstić information content (AvgIpc) is 2.38. The molecule has 0 N–H and O–H groups in total. The third kappa shape index (κ3) is 2.60. The molecule has 0 saturated carbocycles. The summed E-state index contributed by atoms with van der Waals surface area (Å²) in [5, 5.41) is 0.467. The van der Waals surface area contributed by atoms with Crippen molar-refractivity contribution in [2.45, 2.75) is 6.92 Å². The lowest BCUT2D eigenvalue weighted by molar-refractivity contribution is 0.0301. The summed E-state index contributed by atoms with van der Waals surface area (Å²) in [6.07, 6.45) is 0. The van der Waals surface area contributed by atoms with Crippen LogP contribution in [0.2, 0.25) is 5.02 Å². The van der Waals surface area contributed by atoms with E-state index in [4.69, 9.17) is 21.1 Å². The van der Waals surface area contributed by atoms with Crippen LogP contribution in [0.15, 0.2) is 12.1 Å². The Bertz CT molecular complexity index is 456. The van der Waals surface area contributed by atoms with E-state index in [0.717, 1.165) is 5.56 Å². The number of methoxy groups -OCH3 is 1. The maximum Gasteiger partial charge on any atom is 0.257 e. The molecule has 1 saturated heterocycles. The number of morpholine rings is 1. The molecule has 1 heterocycles. The third-order valence-electron chi connectivity index (χ3n) is 2.92. The van der Waals surface area contributed by atoms with E-state index >= 15 is 0 Å². The van der Waals surface area contributed by atoms with Gasteiger partial charge in [-0.2, -0.15) is 0 Å². The second kappa shape index (κ2) is 5.59. The molecule has 4 nitrogen and oxygen atoms in total. The number of hydrogen-bond acceptors (Lipinski definition) is 3. The second-order valence-corrected chi connectivity index (χ2v) is 4.64. The highest BCUT2D eigenvalue weighted by atomic mass is 35.5. The first-order valence-electron chi connectivity index (χ1n) is 5.84. The SMILES string of the molecule is COc1c(Cl)cc(C)cc1C(=O)N1CCOCC1. The van der Waals surface area contributed by atoms with Crippen molar-refractivity contribution in [3.63, 3.8) is 0 Å². The summed E-state index contributed by atoms with van der Waals surface area (Å²) < 4.78 is 10.5. The number of carbonyl (C=O) groups is 1. The third-order valence-corrected chi connectivity index (χ3v) is 3.20. The van der Waals surface area contributed by atoms with Crippen LogP contribution in [0.1, 0.15) is 15.9 Å². The molecule has 1 aromatic carbocycles. The van der Waals surface area contributed by atoms with Gasteiger partial charge in [0.15, 0.2) is 0 Å². The fourth-order valence-corrected chi connectivity index (χ4v) is 2.38. The molecule has 1 aliphatic heterocycles. The van der Waals surface area contributed by atoms with Gasteiger partial charge < -0.3 is 14.4 Å². The molecule has 0 bridgehead atoms. The van der Waals surface area contributed by atoms with Gasteiger partial charge >= 0.3 is 0 Å². The second-order valence-electron chi connectivity index (χ2n) is 4.23. The van der Waals surface area contributed by atoms with Crippen molar-refractivity contribution in [2.75, 3.05) is 33.4 Å². The summed E-state index contributed by atoms with van der Waals surface area (Å²) in [5.74, 6) is 0.388. The van der Waals surface area contributed by atoms with Gasteiger partial charge in [-0.1, -0.05) is 11.6 Å². The molecule has 2 rings (SSSR count). The predicted molar refractivity (Wildman–Crippen MR) is 69.5 cm³/mol. The van der Waals surface area contributed by atoms with Crippen LogP contribution in [-0.4, -0.2) is 44.2 Å². The van der Waals surface area contributed by atoms with E-state index in [1.165, 1.54) is 7.11 Å². The monoisotopic (exact) mass is 269 g/mol. The standard InChI is InChI=1S/C13H16ClNO3/c1-9-7-10(12(17-2)11(14)8-9)13(16)15-3-5-18-6-4-15/h7-8H,3-6H2,1-2H3. The lowest BCUT2D eigenvalue weighted by Gasteiger charge is -2.27. The fourth-order valence-electron chi connectivity index (χ4n) is 2.03. The van der Waals surface area contributed by atoms with E-state index in [-0.39, 0.29) is 5.91 Å². The quantitative estimate of drug-likeness (QED) is 0.826. The van der Waals surface area contributed by atoms with E-state index < -0.39 is 0 Å². The van der Waals surface area contributed by atoms with Gasteiger partial charge in [0.2, 0.25) is 0 Å². The Kier molecular flexibility index (Phi) is 4.09. The van der Waals surface area contributed by atoms with Crippen LogP contribution in [0.3, 0.4) is 0 Å². The first-order chi connectivity index (χ1) is 8.63. The van der Waals surface area contributed by atoms with E-state index in [9.17, 15) is 4.79 Å². The number of ether oxygens (including phenoxy) is 2. The van der Waals surface area contributed by atoms with Crippen LogP contribution in [0, 0.1) is 6.92 Å². The molecule has 0 unspecified atom stereocenters. The molecule has 1 aromatic rings. The minimum atomic E-state index is -0.0549. The molecule has 1 aliphatic rings. The summed E-state index contributed by atoms with van der Waals surface area (Å²) in [6, 6.07) is 3.60. The van der Waals surface area contributed by atoms with Crippen LogP contribution in [0.25, 0.3) is 0 Å². The zero-order chi connectivity index (χ0) is 13.1. The predicted octanol–water partition coefficient (Wildman–Crippen LogP) is 2.13. The largest absolute Gasteiger partial charge is 0.494 e. The van der Waals surface area contributed by atoms with E-state index in [1.807, 2.05) is 13.0 Å². The van der Waals surface area contributed by atoms with Crippen LogP contribution < -0.4 is 4.74 Å². The summed E-state index contributed by atoms with van der Waals surface area (Å²) in [7, 11) is 1.52. The fraction of sp³-hybridized carbons (Fsp3) is 0.462. The minimum Gasteiger partial charge on any atom is -0.494 e. The number of halogens is 1. The molecular weight excluding hydrogens is 254 g/mol. The Balaban J connectivity index is 2.33. The minimum absolute atomic E-state index is 0.0549. The number of amides is 1. The van der Waals surface area contributed by atoms with Crippen molar-refractivity contribution in [3.8, 4) is 5.75 Å². The van der Waals surface area contributed by atoms with Gasteiger partial charge in [0.25, 0.3) is 5.91 Å². The molecule has 0 aromatic heterocycles. The van der Waals surface area contributed by atoms with Crippen LogP contribution >= 0.6 is 11.6 Å². The lowest BCUT2D eigenvalue weighted by Crippen LogP contribution is -2.40. The van der Waals surface area contributed by atoms with Gasteiger partial charge in [-0.25, -0.2) is 0 Å². The molecule has 0 spiro atoms. The van der Waals surface area contributed by atoms with Crippen LogP contribution in [0.4, 0.5) is 0 Å². The number of nitrogens with zero attached hydrogens (tertiary/aromatic N) is 1. The molecule has 5 heteroatoms. The highest BCUT2D eigenvalue weighted by Gasteiger charge is 2.23. The highest BCUT2D eigenvalue weighted by Crippen LogP contribution is 2.31. The Labute approximate surface area is 111 Å². The van der Waals surface area contributed by atoms with Gasteiger partial charge in [-0.3, -0.25) is 4.79 Å². The average molecular weight is 270 g/mol. The Morgan fingerprint density at radius 2 is 2.06 bits per heavy atom. The summed E-state index contributed by atoms with van der Waals surface area (Å²) in [4.78, 5) is 14.2. The van der Waals surface area contributed by atoms with Crippen molar-refractivity contribution >= 4 is 17.5 Å². The Hall–Kier alpha value is -1.26. The summed E-state index contributed by atoms with van der Waals surface area (Å²) >= 11 is 6.10. The van der Waals surface area contributed by atoms with E-state index in [0.29, 0.717) is 42.6 Å². The van der Waals surface area contributed by atoms with Crippen molar-refractivity contribution < 1.29 is 14.3 Å². The lowest BCUT2D eigenvalue weighted by atomic mass is 10.1. The van der Waals surface area contributed by atoms with Crippen molar-refractivity contribution in [1.82, 2.24) is 4.90 Å². The molecule has 0 radical (unpaired) electrons. The maximum atomic E-state index is 12.4. The zero-order valence-electron chi connectivity index (χ0n) is 10.5. The van der Waals surface area contributed by atoms with Gasteiger partial charge in [0, 0.05) is 13.1 Å². The first-order valence-corrected chi connectivity index (χ1v) is 6.22. The van der Waals surface area contributed by atoms with Gasteiger partial charge in [-0.05, 0) is 24.6 Å². The molecule has 18 heavy (non-hydrogen) atoms. The maximum absolute atomic E-state index is 12.4. The van der Waals surface area contributed by atoms with Crippen molar-refractivity contribution in [2.24, 2.45) is 0 Å². The van der Waals surface area contributed by atoms with Crippen molar-refractivity contribution in [1.29, 1.82) is 0 Å². The van der Waals surface area contributed by atoms with Crippen LogP contribution in [0.5, 0.6) is 5.75 Å². The first kappa shape index (κ1) is 13.2. The molecule has 0 atom stereocenters. The van der Waals surface area contributed by atoms with E-state index in [2.05, 4.69) is 0 Å². The Morgan fingerprint density at radius 1 is 1.39 bits per heavy atom. The van der Waals surface area contributed by atoms with E-state index in [1.54, 1.807) is 11.0 Å². The molecule has 98 valence electrons. The number of rotatable bonds is 2. The number of carbonyl (C=O) groups excluding carboxylic acids is 1. The molecule has 1 amide bonds. The number of hydrogen-bond donors (Lipinski definition) is 0. The zero-order valence-corrected chi connectivity index (χ0v) is 11.3. The highest BCUT2D eigenvalue weighted by molar-refractivity contribution is 6.32.